The zero-order chi connectivity index (χ0) is 23.5. The number of anilines is 2. The Hall–Kier alpha value is -3.27. The normalized spacial score (nSPS) is 16.1. The van der Waals surface area contributed by atoms with Crippen LogP contribution in [-0.2, 0) is 16.1 Å². The summed E-state index contributed by atoms with van der Waals surface area (Å²) >= 11 is 1.26. The van der Waals surface area contributed by atoms with Crippen LogP contribution in [0.25, 0.3) is 10.3 Å². The highest BCUT2D eigenvalue weighted by atomic mass is 32.1. The number of carbonyl (C=O) groups is 2. The van der Waals surface area contributed by atoms with Gasteiger partial charge in [-0.05, 0) is 56.9 Å². The van der Waals surface area contributed by atoms with Crippen molar-refractivity contribution in [2.45, 2.75) is 40.2 Å². The van der Waals surface area contributed by atoms with Gasteiger partial charge in [0, 0.05) is 25.3 Å². The predicted octanol–water partition coefficient (Wildman–Crippen LogP) is 2.46. The molecule has 1 aromatic carbocycles. The summed E-state index contributed by atoms with van der Waals surface area (Å²) in [5.41, 5.74) is 2.87. The maximum absolute atomic E-state index is 13.0. The Morgan fingerprint density at radius 3 is 2.70 bits per heavy atom. The molecule has 0 saturated carbocycles. The summed E-state index contributed by atoms with van der Waals surface area (Å²) in [6.45, 7) is 7.66. The maximum atomic E-state index is 13.0. The first kappa shape index (κ1) is 22.9. The van der Waals surface area contributed by atoms with Crippen molar-refractivity contribution in [3.05, 3.63) is 46.0 Å². The monoisotopic (exact) mass is 468 g/mol. The van der Waals surface area contributed by atoms with Crippen LogP contribution in [0, 0.1) is 19.8 Å². The smallest absolute Gasteiger partial charge is 0.273 e. The number of hydrogen-bond acceptors (Lipinski definition) is 7. The third kappa shape index (κ3) is 5.22. The quantitative estimate of drug-likeness (QED) is 0.575. The molecule has 0 bridgehead atoms. The van der Waals surface area contributed by atoms with Crippen molar-refractivity contribution in [1.82, 2.24) is 19.9 Å². The van der Waals surface area contributed by atoms with E-state index in [0.717, 1.165) is 30.5 Å². The van der Waals surface area contributed by atoms with Crippen LogP contribution in [0.4, 0.5) is 10.8 Å². The molecule has 1 saturated heterocycles. The number of amides is 2. The second kappa shape index (κ2) is 9.70. The summed E-state index contributed by atoms with van der Waals surface area (Å²) in [4.78, 5) is 48.7. The van der Waals surface area contributed by atoms with Crippen molar-refractivity contribution in [3.8, 4) is 0 Å². The number of hydrogen-bond donors (Lipinski definition) is 2. The molecule has 2 amide bonds. The fourth-order valence-corrected chi connectivity index (χ4v) is 5.17. The summed E-state index contributed by atoms with van der Waals surface area (Å²) in [6, 6.07) is 5.80. The number of fused-ring (bicyclic) bond motifs is 1. The molecule has 0 aliphatic carbocycles. The van der Waals surface area contributed by atoms with Gasteiger partial charge in [0.05, 0.1) is 5.92 Å². The first-order chi connectivity index (χ1) is 15.8. The van der Waals surface area contributed by atoms with E-state index in [2.05, 4.69) is 20.6 Å². The molecule has 0 spiro atoms. The molecule has 1 aliphatic heterocycles. The summed E-state index contributed by atoms with van der Waals surface area (Å²) in [7, 11) is 0. The molecule has 4 rings (SSSR count). The van der Waals surface area contributed by atoms with E-state index >= 15 is 0 Å². The lowest BCUT2D eigenvalue weighted by molar-refractivity contribution is -0.125. The third-order valence-electron chi connectivity index (χ3n) is 5.61. The molecular weight excluding hydrogens is 440 g/mol. The van der Waals surface area contributed by atoms with Crippen molar-refractivity contribution in [3.63, 3.8) is 0 Å². The van der Waals surface area contributed by atoms with E-state index in [1.54, 1.807) is 0 Å². The van der Waals surface area contributed by atoms with E-state index in [1.807, 2.05) is 43.9 Å². The Morgan fingerprint density at radius 2 is 1.97 bits per heavy atom. The van der Waals surface area contributed by atoms with Gasteiger partial charge in [0.25, 0.3) is 5.56 Å². The third-order valence-corrected chi connectivity index (χ3v) is 6.70. The number of nitrogens with zero attached hydrogens (tertiary/aromatic N) is 4. The molecular formula is C23H28N6O3S. The number of nitrogens with one attached hydrogen (secondary N) is 2. The van der Waals surface area contributed by atoms with Gasteiger partial charge in [0.2, 0.25) is 11.8 Å². The van der Waals surface area contributed by atoms with Gasteiger partial charge in [-0.15, -0.1) is 0 Å². The second-order valence-electron chi connectivity index (χ2n) is 8.43. The van der Waals surface area contributed by atoms with E-state index in [9.17, 15) is 14.4 Å². The van der Waals surface area contributed by atoms with Crippen molar-refractivity contribution in [1.29, 1.82) is 0 Å². The van der Waals surface area contributed by atoms with Crippen molar-refractivity contribution in [2.75, 3.05) is 29.9 Å². The number of rotatable bonds is 6. The Kier molecular flexibility index (Phi) is 6.73. The van der Waals surface area contributed by atoms with E-state index in [4.69, 9.17) is 0 Å². The van der Waals surface area contributed by atoms with Gasteiger partial charge in [0.1, 0.15) is 17.6 Å². The number of benzene rings is 1. The molecule has 3 heterocycles. The number of thiazole rings is 1. The van der Waals surface area contributed by atoms with Crippen LogP contribution >= 0.6 is 11.3 Å². The lowest BCUT2D eigenvalue weighted by Gasteiger charge is -2.31. The molecule has 9 nitrogen and oxygen atoms in total. The fourth-order valence-electron chi connectivity index (χ4n) is 4.17. The number of aryl methyl sites for hydroxylation is 2. The van der Waals surface area contributed by atoms with Gasteiger partial charge in [0.15, 0.2) is 10.8 Å². The highest BCUT2D eigenvalue weighted by Gasteiger charge is 2.27. The van der Waals surface area contributed by atoms with E-state index in [-0.39, 0.29) is 29.8 Å². The average Bonchev–Trinajstić information content (AvgIpc) is 3.20. The van der Waals surface area contributed by atoms with Gasteiger partial charge in [-0.25, -0.2) is 4.98 Å². The molecule has 2 N–H and O–H groups in total. The molecule has 33 heavy (non-hydrogen) atoms. The molecule has 1 atom stereocenters. The Morgan fingerprint density at radius 1 is 1.21 bits per heavy atom. The lowest BCUT2D eigenvalue weighted by Crippen LogP contribution is -2.43. The summed E-state index contributed by atoms with van der Waals surface area (Å²) in [5.74, 6) is -0.336. The first-order valence-electron chi connectivity index (χ1n) is 11.1. The van der Waals surface area contributed by atoms with Crippen molar-refractivity contribution >= 4 is 44.3 Å². The highest BCUT2D eigenvalue weighted by Crippen LogP contribution is 2.29. The van der Waals surface area contributed by atoms with Crippen LogP contribution in [0.1, 0.15) is 30.9 Å². The standard InChI is InChI=1S/C23H28N6O3S/c1-4-24-21(31)16-6-5-7-28(11-16)23-27-20-19(33-23)22(32)29(13-25-20)12-18(30)26-17-9-14(2)8-15(3)10-17/h8-10,13,16H,4-7,11-12H2,1-3H3,(H,24,31)(H,26,30)/t16-/m1/s1. The van der Waals surface area contributed by atoms with Crippen LogP contribution in [0.5, 0.6) is 0 Å². The molecule has 3 aromatic rings. The molecule has 174 valence electrons. The minimum Gasteiger partial charge on any atom is -0.356 e. The van der Waals surface area contributed by atoms with Crippen LogP contribution in [-0.4, -0.2) is 46.0 Å². The Balaban J connectivity index is 1.50. The van der Waals surface area contributed by atoms with Gasteiger partial charge >= 0.3 is 0 Å². The second-order valence-corrected chi connectivity index (χ2v) is 9.41. The van der Waals surface area contributed by atoms with Gasteiger partial charge in [-0.1, -0.05) is 17.4 Å². The van der Waals surface area contributed by atoms with E-state index < -0.39 is 0 Å². The summed E-state index contributed by atoms with van der Waals surface area (Å²) in [6.07, 6.45) is 3.09. The number of carbonyl (C=O) groups excluding carboxylic acids is 2. The van der Waals surface area contributed by atoms with Crippen LogP contribution < -0.4 is 21.1 Å². The van der Waals surface area contributed by atoms with Crippen LogP contribution in [0.2, 0.25) is 0 Å². The van der Waals surface area contributed by atoms with Gasteiger partial charge in [-0.2, -0.15) is 4.98 Å². The number of aromatic nitrogens is 3. The van der Waals surface area contributed by atoms with E-state index in [0.29, 0.717) is 34.3 Å². The minimum absolute atomic E-state index is 0.0543. The minimum atomic E-state index is -0.297. The number of piperidine rings is 1. The molecule has 10 heteroatoms. The lowest BCUT2D eigenvalue weighted by atomic mass is 9.97. The summed E-state index contributed by atoms with van der Waals surface area (Å²) < 4.78 is 1.71. The van der Waals surface area contributed by atoms with Crippen LogP contribution in [0.15, 0.2) is 29.3 Å². The van der Waals surface area contributed by atoms with Gasteiger partial charge in [-0.3, -0.25) is 19.0 Å². The highest BCUT2D eigenvalue weighted by molar-refractivity contribution is 7.22. The molecule has 0 radical (unpaired) electrons. The van der Waals surface area contributed by atoms with Crippen molar-refractivity contribution < 1.29 is 9.59 Å². The largest absolute Gasteiger partial charge is 0.356 e. The Labute approximate surface area is 195 Å². The topological polar surface area (TPSA) is 109 Å². The predicted molar refractivity (Wildman–Crippen MR) is 130 cm³/mol. The van der Waals surface area contributed by atoms with Crippen LogP contribution in [0.3, 0.4) is 0 Å². The first-order valence-corrected chi connectivity index (χ1v) is 11.9. The van der Waals surface area contributed by atoms with Crippen molar-refractivity contribution in [2.24, 2.45) is 5.92 Å². The summed E-state index contributed by atoms with van der Waals surface area (Å²) in [5, 5.41) is 6.41. The molecule has 2 aromatic heterocycles. The SMILES string of the molecule is CCNC(=O)[C@@H]1CCCN(c2nc3ncn(CC(=O)Nc4cc(C)cc(C)c4)c(=O)c3s2)C1. The molecule has 1 fully saturated rings. The molecule has 0 unspecified atom stereocenters. The zero-order valence-corrected chi connectivity index (χ0v) is 19.9. The average molecular weight is 469 g/mol. The molecule has 1 aliphatic rings. The fraction of sp³-hybridized carbons (Fsp3) is 0.435. The van der Waals surface area contributed by atoms with E-state index in [1.165, 1.54) is 22.2 Å². The van der Waals surface area contributed by atoms with Gasteiger partial charge < -0.3 is 15.5 Å². The zero-order valence-electron chi connectivity index (χ0n) is 19.1. The maximum Gasteiger partial charge on any atom is 0.273 e. The Bertz CT molecular complexity index is 1230.